The molecule has 0 spiro atoms. The summed E-state index contributed by atoms with van der Waals surface area (Å²) in [6.07, 6.45) is 1.01. The number of rotatable bonds is 13. The first kappa shape index (κ1) is 32.7. The second-order valence-corrected chi connectivity index (χ2v) is 13.4. The zero-order valence-electron chi connectivity index (χ0n) is 24.4. The molecular formula is C29H38N6O5S2. The molecule has 1 atom stereocenters. The lowest BCUT2D eigenvalue weighted by molar-refractivity contribution is -0.123. The zero-order chi connectivity index (χ0) is 31.1. The maximum Gasteiger partial charge on any atom is 0.272 e. The molecule has 1 heterocycles. The summed E-state index contributed by atoms with van der Waals surface area (Å²) in [6.45, 7) is 8.21. The summed E-state index contributed by atoms with van der Waals surface area (Å²) in [5.41, 5.74) is 7.60. The van der Waals surface area contributed by atoms with E-state index in [4.69, 9.17) is 5.73 Å². The second-order valence-electron chi connectivity index (χ2n) is 10.7. The van der Waals surface area contributed by atoms with Gasteiger partial charge in [-0.1, -0.05) is 69.7 Å². The van der Waals surface area contributed by atoms with Crippen molar-refractivity contribution in [3.05, 3.63) is 65.4 Å². The summed E-state index contributed by atoms with van der Waals surface area (Å²) in [7, 11) is -2.14. The molecule has 3 aromatic rings. The van der Waals surface area contributed by atoms with Crippen molar-refractivity contribution >= 4 is 44.2 Å². The highest BCUT2D eigenvalue weighted by atomic mass is 32.2. The molecule has 0 bridgehead atoms. The Labute approximate surface area is 250 Å². The maximum atomic E-state index is 13.4. The van der Waals surface area contributed by atoms with Crippen molar-refractivity contribution in [1.82, 2.24) is 20.3 Å². The van der Waals surface area contributed by atoms with Crippen molar-refractivity contribution in [2.45, 2.75) is 56.9 Å². The average Bonchev–Trinajstić information content (AvgIpc) is 3.39. The van der Waals surface area contributed by atoms with Crippen LogP contribution in [0.15, 0.2) is 53.4 Å². The Morgan fingerprint density at radius 3 is 2.19 bits per heavy atom. The van der Waals surface area contributed by atoms with Gasteiger partial charge < -0.3 is 21.7 Å². The van der Waals surface area contributed by atoms with Crippen LogP contribution in [-0.4, -0.2) is 57.3 Å². The average molecular weight is 615 g/mol. The molecule has 11 nitrogen and oxygen atoms in total. The van der Waals surface area contributed by atoms with Gasteiger partial charge in [-0.2, -0.15) is 0 Å². The Morgan fingerprint density at radius 1 is 1.00 bits per heavy atom. The molecule has 0 saturated carbocycles. The fraction of sp³-hybridized carbons (Fsp3) is 0.379. The molecule has 3 rings (SSSR count). The van der Waals surface area contributed by atoms with Crippen molar-refractivity contribution in [3.8, 4) is 10.4 Å². The third-order valence-electron chi connectivity index (χ3n) is 6.43. The minimum Gasteiger partial charge on any atom is -0.366 e. The third-order valence-corrected chi connectivity index (χ3v) is 9.03. The molecule has 0 aliphatic carbocycles. The number of carbonyl (C=O) groups excluding carboxylic acids is 3. The Bertz CT molecular complexity index is 1510. The summed E-state index contributed by atoms with van der Waals surface area (Å²) >= 11 is 1.35. The van der Waals surface area contributed by atoms with E-state index in [9.17, 15) is 22.8 Å². The highest BCUT2D eigenvalue weighted by Crippen LogP contribution is 2.34. The topological polar surface area (TPSA) is 172 Å². The smallest absolute Gasteiger partial charge is 0.272 e. The normalized spacial score (nSPS) is 12.4. The first-order chi connectivity index (χ1) is 19.8. The number of hydrogen-bond acceptors (Lipinski definition) is 8. The Hall–Kier alpha value is -3.81. The molecule has 3 amide bonds. The highest BCUT2D eigenvalue weighted by Gasteiger charge is 2.26. The van der Waals surface area contributed by atoms with E-state index in [1.807, 2.05) is 31.2 Å². The first-order valence-corrected chi connectivity index (χ1v) is 15.8. The predicted octanol–water partition coefficient (Wildman–Crippen LogP) is 3.24. The number of anilines is 1. The fourth-order valence-corrected chi connectivity index (χ4v) is 6.01. The summed E-state index contributed by atoms with van der Waals surface area (Å²) in [5.74, 6) is -1.57. The van der Waals surface area contributed by atoms with Crippen LogP contribution < -0.4 is 26.4 Å². The summed E-state index contributed by atoms with van der Waals surface area (Å²) in [6, 6.07) is 12.4. The van der Waals surface area contributed by atoms with Gasteiger partial charge in [-0.3, -0.25) is 14.4 Å². The summed E-state index contributed by atoms with van der Waals surface area (Å²) < 4.78 is 27.5. The van der Waals surface area contributed by atoms with E-state index in [1.54, 1.807) is 7.05 Å². The number of aromatic nitrogens is 1. The number of nitrogens with two attached hydrogens (primary N) is 1. The summed E-state index contributed by atoms with van der Waals surface area (Å²) in [4.78, 5) is 42.7. The van der Waals surface area contributed by atoms with E-state index < -0.39 is 33.8 Å². The molecule has 2 aromatic carbocycles. The van der Waals surface area contributed by atoms with Crippen LogP contribution in [0.25, 0.3) is 10.4 Å². The molecular weight excluding hydrogens is 576 g/mol. The number of amides is 3. The lowest BCUT2D eigenvalue weighted by Crippen LogP contribution is -2.48. The predicted molar refractivity (Wildman–Crippen MR) is 165 cm³/mol. The van der Waals surface area contributed by atoms with Gasteiger partial charge in [0.05, 0.1) is 9.77 Å². The summed E-state index contributed by atoms with van der Waals surface area (Å²) in [5, 5.41) is 9.05. The quantitative estimate of drug-likeness (QED) is 0.184. The van der Waals surface area contributed by atoms with Crippen LogP contribution in [0.2, 0.25) is 0 Å². The van der Waals surface area contributed by atoms with Gasteiger partial charge in [0.2, 0.25) is 21.8 Å². The van der Waals surface area contributed by atoms with Crippen LogP contribution in [0.3, 0.4) is 0 Å². The molecule has 0 saturated heterocycles. The maximum absolute atomic E-state index is 13.4. The molecule has 0 fully saturated rings. The van der Waals surface area contributed by atoms with Gasteiger partial charge in [-0.05, 0) is 47.2 Å². The number of sulfonamides is 1. The molecule has 6 N–H and O–H groups in total. The van der Waals surface area contributed by atoms with Crippen LogP contribution in [0.4, 0.5) is 5.13 Å². The van der Waals surface area contributed by atoms with Crippen LogP contribution in [0.1, 0.15) is 66.9 Å². The molecule has 13 heteroatoms. The van der Waals surface area contributed by atoms with Crippen molar-refractivity contribution in [2.75, 3.05) is 25.5 Å². The highest BCUT2D eigenvalue weighted by molar-refractivity contribution is 7.89. The van der Waals surface area contributed by atoms with Crippen LogP contribution >= 0.6 is 11.3 Å². The van der Waals surface area contributed by atoms with Gasteiger partial charge in [0.1, 0.15) is 11.7 Å². The number of hydrogen-bond donors (Lipinski definition) is 5. The minimum absolute atomic E-state index is 0.000499. The van der Waals surface area contributed by atoms with Gasteiger partial charge in [-0.25, -0.2) is 18.1 Å². The Balaban J connectivity index is 1.65. The number of benzene rings is 2. The number of carbonyl (C=O) groups is 3. The third kappa shape index (κ3) is 8.37. The molecule has 0 aliphatic rings. The number of primary amides is 1. The molecule has 1 aromatic heterocycles. The van der Waals surface area contributed by atoms with Gasteiger partial charge >= 0.3 is 0 Å². The van der Waals surface area contributed by atoms with Gasteiger partial charge in [-0.15, -0.1) is 0 Å². The standard InChI is InChI=1S/C29H38N6O5S2/c1-6-7-22(26(37)32-16-17-33-42(39,40)21-14-10-19(11-15-21)25(30)36)34-27(38)23-24(41-28(31-5)35-23)18-8-12-20(13-9-18)29(2,3)4/h8-15,22,33H,6-7,16-17H2,1-5H3,(H2,30,36)(H,31,35)(H,32,37)(H,34,38). The molecule has 42 heavy (non-hydrogen) atoms. The lowest BCUT2D eigenvalue weighted by Gasteiger charge is -2.19. The Morgan fingerprint density at radius 2 is 1.64 bits per heavy atom. The van der Waals surface area contributed by atoms with Crippen molar-refractivity contribution in [1.29, 1.82) is 0 Å². The number of nitrogens with one attached hydrogen (secondary N) is 4. The van der Waals surface area contributed by atoms with Crippen molar-refractivity contribution in [2.24, 2.45) is 5.73 Å². The van der Waals surface area contributed by atoms with E-state index >= 15 is 0 Å². The minimum atomic E-state index is -3.86. The molecule has 226 valence electrons. The van der Waals surface area contributed by atoms with Crippen LogP contribution in [0, 0.1) is 0 Å². The number of thiazole rings is 1. The van der Waals surface area contributed by atoms with E-state index in [0.29, 0.717) is 22.9 Å². The molecule has 1 unspecified atom stereocenters. The van der Waals surface area contributed by atoms with E-state index in [1.165, 1.54) is 41.2 Å². The van der Waals surface area contributed by atoms with E-state index in [2.05, 4.69) is 46.4 Å². The van der Waals surface area contributed by atoms with Crippen LogP contribution in [-0.2, 0) is 20.2 Å². The lowest BCUT2D eigenvalue weighted by atomic mass is 9.86. The van der Waals surface area contributed by atoms with Crippen LogP contribution in [0.5, 0.6) is 0 Å². The van der Waals surface area contributed by atoms with Gasteiger partial charge in [0, 0.05) is 25.7 Å². The second kappa shape index (κ2) is 13.9. The fourth-order valence-electron chi connectivity index (χ4n) is 4.06. The number of nitrogens with zero attached hydrogens (tertiary/aromatic N) is 1. The zero-order valence-corrected chi connectivity index (χ0v) is 26.0. The Kier molecular flexibility index (Phi) is 10.8. The SMILES string of the molecule is CCCC(NC(=O)c1nc(NC)sc1-c1ccc(C(C)(C)C)cc1)C(=O)NCCNS(=O)(=O)c1ccc(C(N)=O)cc1. The van der Waals surface area contributed by atoms with Gasteiger partial charge in [0.15, 0.2) is 5.13 Å². The van der Waals surface area contributed by atoms with E-state index in [-0.39, 0.29) is 34.7 Å². The molecule has 0 aliphatic heterocycles. The largest absolute Gasteiger partial charge is 0.366 e. The van der Waals surface area contributed by atoms with Crippen molar-refractivity contribution < 1.29 is 22.8 Å². The molecule has 0 radical (unpaired) electrons. The monoisotopic (exact) mass is 614 g/mol. The van der Waals surface area contributed by atoms with Gasteiger partial charge in [0.25, 0.3) is 5.91 Å². The van der Waals surface area contributed by atoms with Crippen molar-refractivity contribution in [3.63, 3.8) is 0 Å². The first-order valence-electron chi connectivity index (χ1n) is 13.5. The van der Waals surface area contributed by atoms with E-state index in [0.717, 1.165) is 5.56 Å².